The fraction of sp³-hybridized carbons (Fsp3) is 0.529. The van der Waals surface area contributed by atoms with Crippen molar-refractivity contribution in [2.24, 2.45) is 5.92 Å². The maximum Gasteiger partial charge on any atom is 0.418 e. The number of halogens is 3. The lowest BCUT2D eigenvalue weighted by molar-refractivity contribution is -0.137. The predicted octanol–water partition coefficient (Wildman–Crippen LogP) is 3.32. The lowest BCUT2D eigenvalue weighted by Gasteiger charge is -2.36. The number of nitrogens with zero attached hydrogens (tertiary/aromatic N) is 2. The SMILES string of the molecule is CC(C)C(=O)NC1CCCN(c2ccc(C#N)cc2C(F)(F)F)C1. The van der Waals surface area contributed by atoms with Gasteiger partial charge in [0.2, 0.25) is 5.91 Å². The van der Waals surface area contributed by atoms with Crippen LogP contribution in [0.3, 0.4) is 0 Å². The first-order chi connectivity index (χ1) is 11.2. The third-order valence-electron chi connectivity index (χ3n) is 4.06. The van der Waals surface area contributed by atoms with Crippen LogP contribution in [0.1, 0.15) is 37.8 Å². The molecule has 0 saturated carbocycles. The standard InChI is InChI=1S/C17H20F3N3O/c1-11(2)16(24)22-13-4-3-7-23(10-13)15-6-5-12(9-21)8-14(15)17(18,19)20/h5-6,8,11,13H,3-4,7,10H2,1-2H3,(H,22,24). The van der Waals surface area contributed by atoms with Crippen molar-refractivity contribution in [3.8, 4) is 6.07 Å². The molecule has 0 aliphatic carbocycles. The molecule has 1 aliphatic heterocycles. The number of nitriles is 1. The molecule has 1 N–H and O–H groups in total. The van der Waals surface area contributed by atoms with E-state index >= 15 is 0 Å². The van der Waals surface area contributed by atoms with Crippen LogP contribution in [0.25, 0.3) is 0 Å². The number of benzene rings is 1. The van der Waals surface area contributed by atoms with E-state index in [1.165, 1.54) is 12.1 Å². The van der Waals surface area contributed by atoms with E-state index in [4.69, 9.17) is 5.26 Å². The number of hydrogen-bond acceptors (Lipinski definition) is 3. The number of amides is 1. The summed E-state index contributed by atoms with van der Waals surface area (Å²) in [6, 6.07) is 5.18. The largest absolute Gasteiger partial charge is 0.418 e. The number of rotatable bonds is 3. The Morgan fingerprint density at radius 3 is 2.71 bits per heavy atom. The zero-order valence-corrected chi connectivity index (χ0v) is 13.7. The molecule has 0 aromatic heterocycles. The van der Waals surface area contributed by atoms with Gasteiger partial charge >= 0.3 is 6.18 Å². The van der Waals surface area contributed by atoms with Crippen molar-refractivity contribution in [3.63, 3.8) is 0 Å². The van der Waals surface area contributed by atoms with E-state index in [1.54, 1.807) is 24.8 Å². The summed E-state index contributed by atoms with van der Waals surface area (Å²) in [4.78, 5) is 13.5. The van der Waals surface area contributed by atoms with Gasteiger partial charge in [0.25, 0.3) is 0 Å². The number of carbonyl (C=O) groups is 1. The summed E-state index contributed by atoms with van der Waals surface area (Å²) in [5, 5.41) is 11.7. The first-order valence-corrected chi connectivity index (χ1v) is 7.89. The smallest absolute Gasteiger partial charge is 0.369 e. The zero-order chi connectivity index (χ0) is 17.9. The molecule has 1 aromatic carbocycles. The van der Waals surface area contributed by atoms with E-state index in [0.717, 1.165) is 12.5 Å². The van der Waals surface area contributed by atoms with E-state index in [0.29, 0.717) is 19.5 Å². The molecule has 1 aromatic rings. The van der Waals surface area contributed by atoms with E-state index < -0.39 is 11.7 Å². The lowest BCUT2D eigenvalue weighted by Crippen LogP contribution is -2.49. The molecule has 7 heteroatoms. The van der Waals surface area contributed by atoms with Gasteiger partial charge in [-0.25, -0.2) is 0 Å². The monoisotopic (exact) mass is 339 g/mol. The molecule has 130 valence electrons. The fourth-order valence-electron chi connectivity index (χ4n) is 2.79. The van der Waals surface area contributed by atoms with Crippen molar-refractivity contribution in [3.05, 3.63) is 29.3 Å². The Hall–Kier alpha value is -2.23. The second-order valence-corrected chi connectivity index (χ2v) is 6.29. The van der Waals surface area contributed by atoms with Crippen molar-refractivity contribution in [1.29, 1.82) is 5.26 Å². The van der Waals surface area contributed by atoms with Crippen LogP contribution in [-0.4, -0.2) is 25.0 Å². The minimum absolute atomic E-state index is 0.0206. The van der Waals surface area contributed by atoms with Gasteiger partial charge in [0.1, 0.15) is 0 Å². The number of anilines is 1. The Kier molecular flexibility index (Phi) is 5.37. The van der Waals surface area contributed by atoms with E-state index in [1.807, 2.05) is 0 Å². The predicted molar refractivity (Wildman–Crippen MR) is 84.4 cm³/mol. The van der Waals surface area contributed by atoms with Crippen LogP contribution < -0.4 is 10.2 Å². The van der Waals surface area contributed by atoms with Gasteiger partial charge in [-0.1, -0.05) is 13.8 Å². The third-order valence-corrected chi connectivity index (χ3v) is 4.06. The number of alkyl halides is 3. The zero-order valence-electron chi connectivity index (χ0n) is 13.7. The van der Waals surface area contributed by atoms with Crippen molar-refractivity contribution >= 4 is 11.6 Å². The summed E-state index contributed by atoms with van der Waals surface area (Å²) in [5.74, 6) is -0.265. The minimum atomic E-state index is -4.53. The summed E-state index contributed by atoms with van der Waals surface area (Å²) >= 11 is 0. The molecule has 1 amide bonds. The normalized spacial score (nSPS) is 18.4. The summed E-state index contributed by atoms with van der Waals surface area (Å²) < 4.78 is 40.0. The van der Waals surface area contributed by atoms with Gasteiger partial charge in [0.05, 0.1) is 17.2 Å². The number of piperidine rings is 1. The average Bonchev–Trinajstić information content (AvgIpc) is 2.53. The Labute approximate surface area is 139 Å². The summed E-state index contributed by atoms with van der Waals surface area (Å²) in [5.41, 5.74) is -0.768. The van der Waals surface area contributed by atoms with Crippen molar-refractivity contribution < 1.29 is 18.0 Å². The first kappa shape index (κ1) is 18.1. The molecule has 1 saturated heterocycles. The van der Waals surface area contributed by atoms with E-state index in [2.05, 4.69) is 5.32 Å². The molecule has 1 atom stereocenters. The Balaban J connectivity index is 2.25. The molecule has 1 aliphatic rings. The van der Waals surface area contributed by atoms with Crippen LogP contribution in [0.4, 0.5) is 18.9 Å². The van der Waals surface area contributed by atoms with Gasteiger partial charge in [0.15, 0.2) is 0 Å². The maximum atomic E-state index is 13.3. The highest BCUT2D eigenvalue weighted by molar-refractivity contribution is 5.78. The number of carbonyl (C=O) groups excluding carboxylic acids is 1. The van der Waals surface area contributed by atoms with Crippen LogP contribution in [0.5, 0.6) is 0 Å². The lowest BCUT2D eigenvalue weighted by atomic mass is 10.0. The molecule has 0 bridgehead atoms. The molecular weight excluding hydrogens is 319 g/mol. The Morgan fingerprint density at radius 1 is 1.42 bits per heavy atom. The summed E-state index contributed by atoms with van der Waals surface area (Å²) in [7, 11) is 0. The second-order valence-electron chi connectivity index (χ2n) is 6.29. The van der Waals surface area contributed by atoms with Crippen LogP contribution >= 0.6 is 0 Å². The van der Waals surface area contributed by atoms with Crippen LogP contribution in [-0.2, 0) is 11.0 Å². The van der Waals surface area contributed by atoms with Gasteiger partial charge in [-0.2, -0.15) is 18.4 Å². The van der Waals surface area contributed by atoms with Crippen molar-refractivity contribution in [2.75, 3.05) is 18.0 Å². The van der Waals surface area contributed by atoms with Crippen molar-refractivity contribution in [1.82, 2.24) is 5.32 Å². The molecule has 0 radical (unpaired) electrons. The van der Waals surface area contributed by atoms with Crippen LogP contribution in [0.15, 0.2) is 18.2 Å². The summed E-state index contributed by atoms with van der Waals surface area (Å²) in [6.07, 6.45) is -3.09. The first-order valence-electron chi connectivity index (χ1n) is 7.89. The van der Waals surface area contributed by atoms with Crippen molar-refractivity contribution in [2.45, 2.75) is 38.9 Å². The molecular formula is C17H20F3N3O. The quantitative estimate of drug-likeness (QED) is 0.919. The van der Waals surface area contributed by atoms with Gasteiger partial charge < -0.3 is 10.2 Å². The second kappa shape index (κ2) is 7.12. The molecule has 4 nitrogen and oxygen atoms in total. The fourth-order valence-corrected chi connectivity index (χ4v) is 2.79. The third kappa shape index (κ3) is 4.19. The molecule has 1 unspecified atom stereocenters. The molecule has 1 fully saturated rings. The number of nitrogens with one attached hydrogen (secondary N) is 1. The molecule has 24 heavy (non-hydrogen) atoms. The van der Waals surface area contributed by atoms with Gasteiger partial charge in [-0.3, -0.25) is 4.79 Å². The molecule has 1 heterocycles. The minimum Gasteiger partial charge on any atom is -0.369 e. The van der Waals surface area contributed by atoms with Crippen LogP contribution in [0.2, 0.25) is 0 Å². The van der Waals surface area contributed by atoms with E-state index in [9.17, 15) is 18.0 Å². The van der Waals surface area contributed by atoms with Gasteiger partial charge in [-0.05, 0) is 31.0 Å². The topological polar surface area (TPSA) is 56.1 Å². The molecule has 2 rings (SSSR count). The Morgan fingerprint density at radius 2 is 2.12 bits per heavy atom. The van der Waals surface area contributed by atoms with Gasteiger partial charge in [-0.15, -0.1) is 0 Å². The highest BCUT2D eigenvalue weighted by atomic mass is 19.4. The molecule has 0 spiro atoms. The highest BCUT2D eigenvalue weighted by Crippen LogP contribution is 2.38. The van der Waals surface area contributed by atoms with Gasteiger partial charge in [0, 0.05) is 30.7 Å². The van der Waals surface area contributed by atoms with Crippen LogP contribution in [0, 0.1) is 17.2 Å². The highest BCUT2D eigenvalue weighted by Gasteiger charge is 2.36. The average molecular weight is 339 g/mol. The summed E-state index contributed by atoms with van der Waals surface area (Å²) in [6.45, 7) is 4.37. The Bertz CT molecular complexity index is 649. The maximum absolute atomic E-state index is 13.3. The van der Waals surface area contributed by atoms with E-state index in [-0.39, 0.29) is 29.1 Å². The number of hydrogen-bond donors (Lipinski definition) is 1.